The van der Waals surface area contributed by atoms with Crippen molar-refractivity contribution in [2.45, 2.75) is 103 Å². The standard InChI is InChI=1S/C43H52N2O4S/c1-5-24-45(41(48)44-30(3)32-13-7-6-8-14-32)28-43(49)23-21-37-35-20-18-31(25-34(46)19-17-29(2)12-11-22-42(37,43)4)26-36(35)40(47)39-27-33-15-9-10-16-38(33)50-39/h6-10,12-16,18,20,26-27,30,34,37,46,49H,5,11,17,19,21-25,28H2,1-4H3,(H,44,48)/t30-,34+,37+,42+,43-/m1/s1. The fourth-order valence-electron chi connectivity index (χ4n) is 8.36. The van der Waals surface area contributed by atoms with Gasteiger partial charge >= 0.3 is 6.03 Å². The Hall–Kier alpha value is -3.78. The molecule has 7 heteroatoms. The van der Waals surface area contributed by atoms with E-state index in [1.807, 2.05) is 73.7 Å². The number of amides is 2. The maximum absolute atomic E-state index is 14.5. The van der Waals surface area contributed by atoms with E-state index in [4.69, 9.17) is 0 Å². The molecule has 7 rings (SSSR count). The highest BCUT2D eigenvalue weighted by atomic mass is 32.1. The molecule has 6 nitrogen and oxygen atoms in total. The number of nitrogens with one attached hydrogen (secondary N) is 1. The first-order valence-electron chi connectivity index (χ1n) is 18.3. The van der Waals surface area contributed by atoms with Crippen LogP contribution in [0.1, 0.15) is 117 Å². The Kier molecular flexibility index (Phi) is 11.0. The lowest BCUT2D eigenvalue weighted by molar-refractivity contribution is -0.0770. The van der Waals surface area contributed by atoms with E-state index in [1.54, 1.807) is 4.90 Å². The zero-order valence-corrected chi connectivity index (χ0v) is 30.8. The highest BCUT2D eigenvalue weighted by Crippen LogP contribution is 2.59. The van der Waals surface area contributed by atoms with Crippen LogP contribution in [0.4, 0.5) is 4.79 Å². The van der Waals surface area contributed by atoms with E-state index in [9.17, 15) is 19.8 Å². The van der Waals surface area contributed by atoms with Crippen LogP contribution in [-0.4, -0.2) is 51.7 Å². The third kappa shape index (κ3) is 7.46. The number of aliphatic hydroxyl groups excluding tert-OH is 1. The van der Waals surface area contributed by atoms with Crippen LogP contribution in [-0.2, 0) is 6.42 Å². The first kappa shape index (κ1) is 36.0. The van der Waals surface area contributed by atoms with Crippen LogP contribution >= 0.6 is 11.3 Å². The lowest BCUT2D eigenvalue weighted by Crippen LogP contribution is -2.55. The number of allylic oxidation sites excluding steroid dienone is 2. The van der Waals surface area contributed by atoms with Gasteiger partial charge in [-0.25, -0.2) is 4.79 Å². The maximum atomic E-state index is 14.5. The monoisotopic (exact) mass is 692 g/mol. The number of carbonyl (C=O) groups is 2. The Balaban J connectivity index is 1.38. The van der Waals surface area contributed by atoms with Crippen molar-refractivity contribution in [3.05, 3.63) is 118 Å². The summed E-state index contributed by atoms with van der Waals surface area (Å²) in [7, 11) is 0. The minimum atomic E-state index is -1.17. The third-order valence-corrected chi connectivity index (χ3v) is 12.6. The molecule has 1 aromatic heterocycles. The van der Waals surface area contributed by atoms with Gasteiger partial charge in [0.15, 0.2) is 0 Å². The minimum Gasteiger partial charge on any atom is -0.393 e. The van der Waals surface area contributed by atoms with Crippen molar-refractivity contribution in [2.75, 3.05) is 13.1 Å². The molecule has 0 spiro atoms. The topological polar surface area (TPSA) is 89.9 Å². The molecule has 2 bridgehead atoms. The van der Waals surface area contributed by atoms with E-state index in [-0.39, 0.29) is 30.3 Å². The molecule has 0 aliphatic heterocycles. The van der Waals surface area contributed by atoms with E-state index >= 15 is 0 Å². The molecule has 3 aromatic carbocycles. The summed E-state index contributed by atoms with van der Waals surface area (Å²) < 4.78 is 1.07. The lowest BCUT2D eigenvalue weighted by Gasteiger charge is -2.46. The Morgan fingerprint density at radius 1 is 1.02 bits per heavy atom. The molecule has 0 radical (unpaired) electrons. The summed E-state index contributed by atoms with van der Waals surface area (Å²) >= 11 is 1.51. The summed E-state index contributed by atoms with van der Waals surface area (Å²) in [6, 6.07) is 25.8. The number of nitrogens with zero attached hydrogens (tertiary/aromatic N) is 1. The Labute approximate surface area is 301 Å². The minimum absolute atomic E-state index is 0.0138. The number of aliphatic hydroxyl groups is 2. The summed E-state index contributed by atoms with van der Waals surface area (Å²) in [5, 5.41) is 28.1. The highest BCUT2D eigenvalue weighted by molar-refractivity contribution is 7.21. The molecule has 50 heavy (non-hydrogen) atoms. The van der Waals surface area contributed by atoms with Crippen molar-refractivity contribution < 1.29 is 19.8 Å². The first-order chi connectivity index (χ1) is 24.0. The molecule has 1 fully saturated rings. The van der Waals surface area contributed by atoms with Gasteiger partial charge in [0.2, 0.25) is 5.78 Å². The van der Waals surface area contributed by atoms with Gasteiger partial charge in [-0.1, -0.05) is 86.2 Å². The van der Waals surface area contributed by atoms with Gasteiger partial charge in [0.25, 0.3) is 0 Å². The number of benzene rings is 3. The predicted octanol–water partition coefficient (Wildman–Crippen LogP) is 9.35. The largest absolute Gasteiger partial charge is 0.393 e. The van der Waals surface area contributed by atoms with Gasteiger partial charge in [-0.3, -0.25) is 4.79 Å². The van der Waals surface area contributed by atoms with Crippen molar-refractivity contribution in [3.8, 4) is 0 Å². The number of urea groups is 1. The fourth-order valence-corrected chi connectivity index (χ4v) is 9.38. The second-order valence-electron chi connectivity index (χ2n) is 14.9. The maximum Gasteiger partial charge on any atom is 0.317 e. The van der Waals surface area contributed by atoms with Gasteiger partial charge in [-0.05, 0) is 111 Å². The second-order valence-corrected chi connectivity index (χ2v) is 16.0. The van der Waals surface area contributed by atoms with Crippen LogP contribution in [0.25, 0.3) is 10.1 Å². The molecule has 2 amide bonds. The fraction of sp³-hybridized carbons (Fsp3) is 0.442. The van der Waals surface area contributed by atoms with E-state index < -0.39 is 17.1 Å². The number of rotatable bonds is 8. The summed E-state index contributed by atoms with van der Waals surface area (Å²) in [6.07, 6.45) is 7.14. The number of hydrogen-bond donors (Lipinski definition) is 3. The molecule has 0 saturated heterocycles. The normalized spacial score (nSPS) is 24.6. The van der Waals surface area contributed by atoms with Gasteiger partial charge in [0, 0.05) is 22.2 Å². The molecule has 5 atom stereocenters. The summed E-state index contributed by atoms with van der Waals surface area (Å²) in [6.45, 7) is 9.10. The van der Waals surface area contributed by atoms with Crippen molar-refractivity contribution in [2.24, 2.45) is 5.41 Å². The SMILES string of the molecule is CCCN(C[C@]1(O)CC[C@H]2c3ccc(cc3C(=O)c3cc4ccccc4s3)C[C@@H](O)CCC(C)=CCC[C@@]21C)C(=O)N[C@H](C)c1ccccc1. The molecule has 1 heterocycles. The van der Waals surface area contributed by atoms with E-state index in [1.165, 1.54) is 16.9 Å². The van der Waals surface area contributed by atoms with E-state index in [0.29, 0.717) is 49.1 Å². The summed E-state index contributed by atoms with van der Waals surface area (Å²) in [4.78, 5) is 30.9. The Bertz CT molecular complexity index is 1820. The van der Waals surface area contributed by atoms with Gasteiger partial charge in [-0.15, -0.1) is 11.3 Å². The first-order valence-corrected chi connectivity index (χ1v) is 19.2. The zero-order chi connectivity index (χ0) is 35.5. The summed E-state index contributed by atoms with van der Waals surface area (Å²) in [5.41, 5.74) is 3.02. The van der Waals surface area contributed by atoms with Gasteiger partial charge < -0.3 is 20.4 Å². The molecule has 3 N–H and O–H groups in total. The number of hydrogen-bond acceptors (Lipinski definition) is 5. The third-order valence-electron chi connectivity index (χ3n) is 11.4. The van der Waals surface area contributed by atoms with Crippen LogP contribution in [0.15, 0.2) is 90.5 Å². The summed E-state index contributed by atoms with van der Waals surface area (Å²) in [5.74, 6) is -0.119. The van der Waals surface area contributed by atoms with E-state index in [2.05, 4.69) is 44.3 Å². The van der Waals surface area contributed by atoms with Crippen molar-refractivity contribution in [1.82, 2.24) is 10.2 Å². The van der Waals surface area contributed by atoms with Crippen LogP contribution in [0, 0.1) is 5.41 Å². The zero-order valence-electron chi connectivity index (χ0n) is 30.0. The number of fused-ring (bicyclic) bond motifs is 9. The van der Waals surface area contributed by atoms with Gasteiger partial charge in [0.05, 0.1) is 29.2 Å². The van der Waals surface area contributed by atoms with Crippen molar-refractivity contribution in [3.63, 3.8) is 0 Å². The smallest absolute Gasteiger partial charge is 0.317 e. The molecule has 1 saturated carbocycles. The predicted molar refractivity (Wildman–Crippen MR) is 204 cm³/mol. The molecular formula is C43H52N2O4S. The molecule has 4 aromatic rings. The van der Waals surface area contributed by atoms with Crippen LogP contribution < -0.4 is 5.32 Å². The number of carbonyl (C=O) groups excluding carboxylic acids is 2. The molecule has 0 unspecified atom stereocenters. The Morgan fingerprint density at radius 3 is 2.54 bits per heavy atom. The number of thiophene rings is 1. The highest BCUT2D eigenvalue weighted by Gasteiger charge is 2.57. The van der Waals surface area contributed by atoms with Crippen LogP contribution in [0.5, 0.6) is 0 Å². The second kappa shape index (κ2) is 15.2. The number of ketones is 1. The van der Waals surface area contributed by atoms with Crippen molar-refractivity contribution in [1.29, 1.82) is 0 Å². The molecule has 264 valence electrons. The Morgan fingerprint density at radius 2 is 1.78 bits per heavy atom. The lowest BCUT2D eigenvalue weighted by atomic mass is 9.64. The average molecular weight is 693 g/mol. The van der Waals surface area contributed by atoms with Gasteiger partial charge in [0.1, 0.15) is 0 Å². The molecule has 3 aliphatic carbocycles. The average Bonchev–Trinajstić information content (AvgIpc) is 3.65. The van der Waals surface area contributed by atoms with E-state index in [0.717, 1.165) is 46.0 Å². The van der Waals surface area contributed by atoms with Gasteiger partial charge in [-0.2, -0.15) is 0 Å². The molecule has 3 aliphatic rings. The van der Waals surface area contributed by atoms with Crippen molar-refractivity contribution >= 4 is 33.2 Å². The quantitative estimate of drug-likeness (QED) is 0.127. The van der Waals surface area contributed by atoms with Crippen LogP contribution in [0.2, 0.25) is 0 Å². The van der Waals surface area contributed by atoms with Crippen LogP contribution in [0.3, 0.4) is 0 Å². The molecular weight excluding hydrogens is 641 g/mol.